The van der Waals surface area contributed by atoms with E-state index in [4.69, 9.17) is 25.2 Å². The highest BCUT2D eigenvalue weighted by atomic mass is 19.4. The van der Waals surface area contributed by atoms with Gasteiger partial charge in [0.05, 0.1) is 48.1 Å². The molecule has 2 fully saturated rings. The number of rotatable bonds is 6. The van der Waals surface area contributed by atoms with Crippen molar-refractivity contribution in [2.24, 2.45) is 0 Å². The van der Waals surface area contributed by atoms with Gasteiger partial charge in [-0.3, -0.25) is 14.4 Å². The molecule has 1 unspecified atom stereocenters. The average molecular weight is 685 g/mol. The first-order valence-electron chi connectivity index (χ1n) is 16.5. The van der Waals surface area contributed by atoms with Crippen LogP contribution < -0.4 is 15.4 Å². The lowest BCUT2D eigenvalue weighted by Gasteiger charge is -2.33. The number of fused-ring (bicyclic) bond motifs is 3. The van der Waals surface area contributed by atoms with Gasteiger partial charge >= 0.3 is 12.2 Å². The van der Waals surface area contributed by atoms with Crippen molar-refractivity contribution in [3.05, 3.63) is 69.4 Å². The quantitative estimate of drug-likeness (QED) is 0.284. The number of ether oxygens (including phenoxy) is 2. The van der Waals surface area contributed by atoms with Crippen LogP contribution in [0.3, 0.4) is 0 Å². The van der Waals surface area contributed by atoms with E-state index in [-0.39, 0.29) is 53.9 Å². The molecule has 2 aromatic heterocycles. The number of nitrogens with two attached hydrogens (primary N) is 1. The summed E-state index contributed by atoms with van der Waals surface area (Å²) in [5.41, 5.74) is 8.20. The molecule has 262 valence electrons. The number of nitrogens with zero attached hydrogens (tertiary/aromatic N) is 7. The SMILES string of the molecule is Cc1cc(N)cc([C@@H]2Cc3nc(OCC45CCCN4C/C(=C\F)C5)nc(N4CCCn5nc(C(=O)N(C)C)cc5C4)c3CO2)c1C(F)(F)F. The molecule has 0 saturated carbocycles. The summed E-state index contributed by atoms with van der Waals surface area (Å²) in [5, 5.41) is 4.55. The molecular weight excluding hydrogens is 644 g/mol. The van der Waals surface area contributed by atoms with Gasteiger partial charge in [0.1, 0.15) is 12.4 Å². The Morgan fingerprint density at radius 1 is 1.16 bits per heavy atom. The molecule has 0 bridgehead atoms. The van der Waals surface area contributed by atoms with Gasteiger partial charge in [-0.05, 0) is 74.1 Å². The van der Waals surface area contributed by atoms with Crippen LogP contribution in [0.1, 0.15) is 75.9 Å². The lowest BCUT2D eigenvalue weighted by atomic mass is 9.92. The second kappa shape index (κ2) is 12.6. The summed E-state index contributed by atoms with van der Waals surface area (Å²) in [6.07, 6.45) is -1.76. The molecule has 4 aliphatic heterocycles. The van der Waals surface area contributed by atoms with E-state index in [9.17, 15) is 22.4 Å². The number of hydrogen-bond donors (Lipinski definition) is 1. The largest absolute Gasteiger partial charge is 0.461 e. The fourth-order valence-corrected chi connectivity index (χ4v) is 7.87. The molecule has 1 amide bonds. The topological polar surface area (TPSA) is 115 Å². The van der Waals surface area contributed by atoms with Gasteiger partial charge in [0.2, 0.25) is 0 Å². The minimum absolute atomic E-state index is 0.0243. The van der Waals surface area contributed by atoms with E-state index in [2.05, 4.69) is 14.9 Å². The van der Waals surface area contributed by atoms with E-state index in [0.29, 0.717) is 68.1 Å². The van der Waals surface area contributed by atoms with Crippen LogP contribution in [0.5, 0.6) is 6.01 Å². The maximum absolute atomic E-state index is 14.3. The number of aromatic nitrogens is 4. The highest BCUT2D eigenvalue weighted by molar-refractivity contribution is 5.92. The molecule has 3 aromatic rings. The van der Waals surface area contributed by atoms with Gasteiger partial charge < -0.3 is 25.0 Å². The fraction of sp³-hybridized carbons (Fsp3) is 0.529. The molecule has 2 atom stereocenters. The Balaban J connectivity index is 1.25. The zero-order valence-corrected chi connectivity index (χ0v) is 27.8. The van der Waals surface area contributed by atoms with Crippen LogP contribution in [0.25, 0.3) is 0 Å². The minimum Gasteiger partial charge on any atom is -0.461 e. The number of carbonyl (C=O) groups is 1. The van der Waals surface area contributed by atoms with E-state index < -0.39 is 17.8 Å². The second-order valence-electron chi connectivity index (χ2n) is 13.8. The Labute approximate surface area is 281 Å². The molecule has 1 aromatic carbocycles. The van der Waals surface area contributed by atoms with E-state index in [1.54, 1.807) is 20.2 Å². The molecule has 6 heterocycles. The van der Waals surface area contributed by atoms with Crippen LogP contribution in [0.2, 0.25) is 0 Å². The summed E-state index contributed by atoms with van der Waals surface area (Å²) in [7, 11) is 3.35. The number of aryl methyl sites for hydroxylation is 2. The van der Waals surface area contributed by atoms with Crippen LogP contribution in [0, 0.1) is 6.92 Å². The molecule has 2 saturated heterocycles. The van der Waals surface area contributed by atoms with Crippen LogP contribution in [-0.4, -0.2) is 81.3 Å². The van der Waals surface area contributed by atoms with Crippen molar-refractivity contribution in [1.29, 1.82) is 0 Å². The number of benzene rings is 1. The lowest BCUT2D eigenvalue weighted by Crippen LogP contribution is -2.43. The zero-order chi connectivity index (χ0) is 34.7. The van der Waals surface area contributed by atoms with E-state index in [0.717, 1.165) is 30.7 Å². The third-order valence-electron chi connectivity index (χ3n) is 10.1. The predicted molar refractivity (Wildman–Crippen MR) is 173 cm³/mol. The van der Waals surface area contributed by atoms with Gasteiger partial charge in [-0.1, -0.05) is 0 Å². The molecule has 2 N–H and O–H groups in total. The summed E-state index contributed by atoms with van der Waals surface area (Å²) in [5.74, 6) is 0.361. The molecule has 49 heavy (non-hydrogen) atoms. The van der Waals surface area contributed by atoms with Crippen molar-refractivity contribution in [2.75, 3.05) is 51.0 Å². The van der Waals surface area contributed by atoms with Crippen molar-refractivity contribution >= 4 is 17.4 Å². The van der Waals surface area contributed by atoms with Crippen LogP contribution in [0.15, 0.2) is 30.1 Å². The molecule has 0 radical (unpaired) electrons. The van der Waals surface area contributed by atoms with Crippen molar-refractivity contribution in [1.82, 2.24) is 29.5 Å². The van der Waals surface area contributed by atoms with Crippen molar-refractivity contribution < 1.29 is 31.8 Å². The number of nitrogen functional groups attached to an aromatic ring is 1. The van der Waals surface area contributed by atoms with Gasteiger partial charge in [0, 0.05) is 51.4 Å². The van der Waals surface area contributed by atoms with Crippen molar-refractivity contribution in [3.63, 3.8) is 0 Å². The van der Waals surface area contributed by atoms with Gasteiger partial charge in [-0.25, -0.2) is 4.39 Å². The smallest absolute Gasteiger partial charge is 0.417 e. The van der Waals surface area contributed by atoms with Crippen molar-refractivity contribution in [2.45, 2.75) is 76.5 Å². The molecule has 7 rings (SSSR count). The number of hydrogen-bond acceptors (Lipinski definition) is 9. The normalized spacial score (nSPS) is 23.3. The highest BCUT2D eigenvalue weighted by Gasteiger charge is 2.47. The molecule has 11 nitrogen and oxygen atoms in total. The Morgan fingerprint density at radius 3 is 2.73 bits per heavy atom. The van der Waals surface area contributed by atoms with Crippen LogP contribution in [0.4, 0.5) is 29.1 Å². The first-order chi connectivity index (χ1) is 23.3. The third-order valence-corrected chi connectivity index (χ3v) is 10.1. The Bertz CT molecular complexity index is 1810. The standard InChI is InChI=1S/C34H40F4N8O3/c1-20-10-22(39)11-24(29(20)34(36,37)38)28-13-26-25(18-48-28)30(44-7-5-9-46-23(17-44)12-27(42-46)31(47)43(2)3)41-32(40-26)49-19-33-6-4-8-45(33)16-21(14-33)15-35/h10-12,15,28H,4-9,13-14,16-19,39H2,1-3H3/b21-15-/t28-,33?/m0/s1. The molecule has 15 heteroatoms. The van der Waals surface area contributed by atoms with Crippen molar-refractivity contribution in [3.8, 4) is 6.01 Å². The predicted octanol–water partition coefficient (Wildman–Crippen LogP) is 4.98. The molecule has 4 aliphatic rings. The second-order valence-corrected chi connectivity index (χ2v) is 13.8. The number of halogens is 4. The summed E-state index contributed by atoms with van der Waals surface area (Å²) >= 11 is 0. The van der Waals surface area contributed by atoms with Gasteiger partial charge in [-0.2, -0.15) is 28.2 Å². The third kappa shape index (κ3) is 6.22. The number of anilines is 2. The van der Waals surface area contributed by atoms with Crippen LogP contribution >= 0.6 is 0 Å². The lowest BCUT2D eigenvalue weighted by molar-refractivity contribution is -0.140. The van der Waals surface area contributed by atoms with E-state index in [1.165, 1.54) is 24.0 Å². The summed E-state index contributed by atoms with van der Waals surface area (Å²) in [4.78, 5) is 28.1. The number of alkyl halides is 3. The maximum atomic E-state index is 14.3. The Morgan fingerprint density at radius 2 is 1.98 bits per heavy atom. The first-order valence-corrected chi connectivity index (χ1v) is 16.5. The number of amides is 1. The zero-order valence-electron chi connectivity index (χ0n) is 27.8. The first kappa shape index (κ1) is 33.3. The maximum Gasteiger partial charge on any atom is 0.417 e. The fourth-order valence-electron chi connectivity index (χ4n) is 7.87. The van der Waals surface area contributed by atoms with Crippen LogP contribution in [-0.2, 0) is 37.0 Å². The monoisotopic (exact) mass is 684 g/mol. The number of carbonyl (C=O) groups excluding carboxylic acids is 1. The molecular formula is C34H40F4N8O3. The molecule has 0 aliphatic carbocycles. The van der Waals surface area contributed by atoms with Gasteiger partial charge in [0.25, 0.3) is 5.91 Å². The Hall–Kier alpha value is -4.24. The van der Waals surface area contributed by atoms with Gasteiger partial charge in [0.15, 0.2) is 5.69 Å². The van der Waals surface area contributed by atoms with E-state index >= 15 is 0 Å². The highest BCUT2D eigenvalue weighted by Crippen LogP contribution is 2.44. The summed E-state index contributed by atoms with van der Waals surface area (Å²) < 4.78 is 70.9. The van der Waals surface area contributed by atoms with Gasteiger partial charge in [-0.15, -0.1) is 0 Å². The average Bonchev–Trinajstić information content (AvgIpc) is 3.69. The summed E-state index contributed by atoms with van der Waals surface area (Å²) in [6, 6.07) is 4.53. The minimum atomic E-state index is -4.61. The Kier molecular flexibility index (Phi) is 8.54. The summed E-state index contributed by atoms with van der Waals surface area (Å²) in [6.45, 7) is 4.59. The molecule has 0 spiro atoms. The van der Waals surface area contributed by atoms with E-state index in [1.807, 2.05) is 4.68 Å².